The summed E-state index contributed by atoms with van der Waals surface area (Å²) < 4.78 is 5.48. The predicted octanol–water partition coefficient (Wildman–Crippen LogP) is 0.981. The molecule has 0 aromatic carbocycles. The average molecular weight is 316 g/mol. The van der Waals surface area contributed by atoms with Gasteiger partial charge in [-0.2, -0.15) is 0 Å². The number of aryl methyl sites for hydroxylation is 1. The molecule has 1 heterocycles. The fraction of sp³-hybridized carbons (Fsp3) is 0.364. The maximum atomic E-state index is 11.6. The average Bonchev–Trinajstić information content (AvgIpc) is 2.33. The Morgan fingerprint density at radius 1 is 1.56 bits per heavy atom. The highest BCUT2D eigenvalue weighted by atomic mass is 79.9. The molecule has 7 heteroatoms. The zero-order valence-electron chi connectivity index (χ0n) is 10.1. The number of ether oxygens (including phenoxy) is 1. The van der Waals surface area contributed by atoms with Crippen molar-refractivity contribution in [1.82, 2.24) is 4.98 Å². The van der Waals surface area contributed by atoms with Crippen LogP contribution < -0.4 is 11.1 Å². The lowest BCUT2D eigenvalue weighted by Crippen LogP contribution is -2.43. The second-order valence-corrected chi connectivity index (χ2v) is 4.34. The van der Waals surface area contributed by atoms with E-state index in [2.05, 4.69) is 31.0 Å². The Morgan fingerprint density at radius 3 is 2.78 bits per heavy atom. The van der Waals surface area contributed by atoms with Gasteiger partial charge >= 0.3 is 5.97 Å². The molecule has 18 heavy (non-hydrogen) atoms. The van der Waals surface area contributed by atoms with Crippen LogP contribution in [0.5, 0.6) is 0 Å². The molecule has 0 spiro atoms. The minimum atomic E-state index is -1.35. The number of aromatic nitrogens is 1. The molecule has 1 aromatic heterocycles. The molecule has 0 aliphatic heterocycles. The summed E-state index contributed by atoms with van der Waals surface area (Å²) in [5, 5.41) is 2.45. The van der Waals surface area contributed by atoms with Crippen molar-refractivity contribution in [2.45, 2.75) is 19.9 Å². The van der Waals surface area contributed by atoms with Crippen molar-refractivity contribution < 1.29 is 14.3 Å². The number of hydrogen-bond acceptors (Lipinski definition) is 5. The van der Waals surface area contributed by atoms with Crippen LogP contribution in [0.25, 0.3) is 0 Å². The van der Waals surface area contributed by atoms with Crippen molar-refractivity contribution in [2.24, 2.45) is 5.73 Å². The summed E-state index contributed by atoms with van der Waals surface area (Å²) in [7, 11) is 0. The first kappa shape index (κ1) is 14.6. The normalized spacial score (nSPS) is 11.8. The van der Waals surface area contributed by atoms with Gasteiger partial charge in [0.05, 0.1) is 12.3 Å². The predicted molar refractivity (Wildman–Crippen MR) is 69.9 cm³/mol. The number of hydrogen-bond donors (Lipinski definition) is 2. The van der Waals surface area contributed by atoms with E-state index in [-0.39, 0.29) is 6.61 Å². The van der Waals surface area contributed by atoms with E-state index in [0.29, 0.717) is 5.82 Å². The number of pyridine rings is 1. The Hall–Kier alpha value is -1.47. The van der Waals surface area contributed by atoms with Crippen molar-refractivity contribution in [3.05, 3.63) is 22.3 Å². The highest BCUT2D eigenvalue weighted by molar-refractivity contribution is 9.10. The topological polar surface area (TPSA) is 94.3 Å². The minimum absolute atomic E-state index is 0.176. The minimum Gasteiger partial charge on any atom is -0.464 e. The third-order valence-corrected chi connectivity index (χ3v) is 2.93. The smallest absolute Gasteiger partial charge is 0.332 e. The van der Waals surface area contributed by atoms with E-state index in [0.717, 1.165) is 10.2 Å². The first-order valence-corrected chi connectivity index (χ1v) is 6.11. The molecule has 0 radical (unpaired) electrons. The molecule has 3 N–H and O–H groups in total. The SMILES string of the molecule is CCOC(=O)C(N)C(=O)Nc1ccc(Br)c(C)n1. The van der Waals surface area contributed by atoms with Crippen LogP contribution in [0.4, 0.5) is 5.82 Å². The number of nitrogens with one attached hydrogen (secondary N) is 1. The van der Waals surface area contributed by atoms with Crippen LogP contribution in [-0.2, 0) is 14.3 Å². The Bertz CT molecular complexity index is 465. The molecule has 1 unspecified atom stereocenters. The molecular formula is C11H14BrN3O3. The van der Waals surface area contributed by atoms with Gasteiger partial charge in [0.15, 0.2) is 6.04 Å². The summed E-state index contributed by atoms with van der Waals surface area (Å²) in [6.07, 6.45) is 0. The molecule has 1 amide bonds. The molecule has 1 rings (SSSR count). The van der Waals surface area contributed by atoms with Gasteiger partial charge in [-0.15, -0.1) is 0 Å². The largest absolute Gasteiger partial charge is 0.464 e. The number of rotatable bonds is 4. The second-order valence-electron chi connectivity index (χ2n) is 3.48. The maximum Gasteiger partial charge on any atom is 0.332 e. The Balaban J connectivity index is 2.69. The van der Waals surface area contributed by atoms with Crippen LogP contribution in [0.15, 0.2) is 16.6 Å². The lowest BCUT2D eigenvalue weighted by atomic mass is 10.3. The quantitative estimate of drug-likeness (QED) is 0.638. The van der Waals surface area contributed by atoms with Crippen molar-refractivity contribution in [3.8, 4) is 0 Å². The third-order valence-electron chi connectivity index (χ3n) is 2.10. The molecule has 0 bridgehead atoms. The summed E-state index contributed by atoms with van der Waals surface area (Å²) in [5.74, 6) is -1.08. The fourth-order valence-corrected chi connectivity index (χ4v) is 1.38. The van der Waals surface area contributed by atoms with E-state index in [1.165, 1.54) is 0 Å². The van der Waals surface area contributed by atoms with E-state index in [9.17, 15) is 9.59 Å². The molecule has 0 saturated carbocycles. The first-order chi connectivity index (χ1) is 8.45. The second kappa shape index (κ2) is 6.46. The lowest BCUT2D eigenvalue weighted by molar-refractivity contribution is -0.146. The number of halogens is 1. The zero-order chi connectivity index (χ0) is 13.7. The molecule has 0 fully saturated rings. The first-order valence-electron chi connectivity index (χ1n) is 5.32. The Morgan fingerprint density at radius 2 is 2.22 bits per heavy atom. The standard InChI is InChI=1S/C11H14BrN3O3/c1-3-18-11(17)9(13)10(16)15-8-5-4-7(12)6(2)14-8/h4-5,9H,3,13H2,1-2H3,(H,14,15,16). The van der Waals surface area contributed by atoms with Crippen molar-refractivity contribution in [2.75, 3.05) is 11.9 Å². The molecule has 1 atom stereocenters. The highest BCUT2D eigenvalue weighted by Gasteiger charge is 2.23. The molecular weight excluding hydrogens is 302 g/mol. The third kappa shape index (κ3) is 3.78. The van der Waals surface area contributed by atoms with Gasteiger partial charge in [-0.25, -0.2) is 9.78 Å². The number of nitrogens with zero attached hydrogens (tertiary/aromatic N) is 1. The zero-order valence-corrected chi connectivity index (χ0v) is 11.7. The number of nitrogens with two attached hydrogens (primary N) is 1. The van der Waals surface area contributed by atoms with E-state index >= 15 is 0 Å². The van der Waals surface area contributed by atoms with Gasteiger partial charge in [-0.05, 0) is 41.9 Å². The monoisotopic (exact) mass is 315 g/mol. The number of carbonyl (C=O) groups is 2. The molecule has 0 aliphatic rings. The molecule has 0 saturated heterocycles. The van der Waals surface area contributed by atoms with E-state index in [1.807, 2.05) is 0 Å². The van der Waals surface area contributed by atoms with Crippen molar-refractivity contribution in [1.29, 1.82) is 0 Å². The summed E-state index contributed by atoms with van der Waals surface area (Å²) in [5.41, 5.74) is 6.16. The van der Waals surface area contributed by atoms with Crippen molar-refractivity contribution >= 4 is 33.6 Å². The van der Waals surface area contributed by atoms with Gasteiger partial charge in [-0.3, -0.25) is 4.79 Å². The van der Waals surface area contributed by atoms with Crippen LogP contribution in [0, 0.1) is 6.92 Å². The maximum absolute atomic E-state index is 11.6. The molecule has 6 nitrogen and oxygen atoms in total. The summed E-state index contributed by atoms with van der Waals surface area (Å²) in [6.45, 7) is 3.60. The van der Waals surface area contributed by atoms with E-state index < -0.39 is 17.9 Å². The van der Waals surface area contributed by atoms with Crippen molar-refractivity contribution in [3.63, 3.8) is 0 Å². The Labute approximate surface area is 113 Å². The highest BCUT2D eigenvalue weighted by Crippen LogP contribution is 2.16. The van der Waals surface area contributed by atoms with Gasteiger partial charge in [-0.1, -0.05) is 0 Å². The van der Waals surface area contributed by atoms with E-state index in [1.54, 1.807) is 26.0 Å². The lowest BCUT2D eigenvalue weighted by Gasteiger charge is -2.11. The van der Waals surface area contributed by atoms with Crippen LogP contribution in [0.1, 0.15) is 12.6 Å². The van der Waals surface area contributed by atoms with E-state index in [4.69, 9.17) is 5.73 Å². The summed E-state index contributed by atoms with van der Waals surface area (Å²) >= 11 is 3.29. The fourth-order valence-electron chi connectivity index (χ4n) is 1.16. The van der Waals surface area contributed by atoms with Gasteiger partial charge in [0.25, 0.3) is 5.91 Å². The summed E-state index contributed by atoms with van der Waals surface area (Å²) in [6, 6.07) is 2.00. The van der Waals surface area contributed by atoms with Crippen LogP contribution in [-0.4, -0.2) is 29.5 Å². The number of esters is 1. The van der Waals surface area contributed by atoms with Crippen LogP contribution >= 0.6 is 15.9 Å². The summed E-state index contributed by atoms with van der Waals surface area (Å²) in [4.78, 5) is 27.0. The van der Waals surface area contributed by atoms with Gasteiger partial charge in [0.2, 0.25) is 0 Å². The van der Waals surface area contributed by atoms with Crippen LogP contribution in [0.3, 0.4) is 0 Å². The molecule has 0 aliphatic carbocycles. The number of amides is 1. The van der Waals surface area contributed by atoms with Gasteiger partial charge < -0.3 is 15.8 Å². The molecule has 98 valence electrons. The van der Waals surface area contributed by atoms with Gasteiger partial charge in [0, 0.05) is 4.47 Å². The Kier molecular flexibility index (Phi) is 5.24. The van der Waals surface area contributed by atoms with Crippen LogP contribution in [0.2, 0.25) is 0 Å². The van der Waals surface area contributed by atoms with Gasteiger partial charge in [0.1, 0.15) is 5.82 Å². The number of anilines is 1. The number of carbonyl (C=O) groups excluding carboxylic acids is 2. The molecule has 1 aromatic rings.